The van der Waals surface area contributed by atoms with Crippen molar-refractivity contribution in [1.29, 1.82) is 0 Å². The van der Waals surface area contributed by atoms with E-state index in [1.165, 1.54) is 11.3 Å². The van der Waals surface area contributed by atoms with E-state index in [-0.39, 0.29) is 5.91 Å². The molecule has 1 amide bonds. The zero-order valence-electron chi connectivity index (χ0n) is 14.4. The van der Waals surface area contributed by atoms with Crippen molar-refractivity contribution in [2.24, 2.45) is 0 Å². The fourth-order valence-electron chi connectivity index (χ4n) is 2.95. The lowest BCUT2D eigenvalue weighted by Gasteiger charge is -2.10. The average Bonchev–Trinajstić information content (AvgIpc) is 3.37. The molecule has 5 heteroatoms. The van der Waals surface area contributed by atoms with Crippen molar-refractivity contribution < 1.29 is 4.79 Å². The van der Waals surface area contributed by atoms with Crippen LogP contribution in [0.5, 0.6) is 0 Å². The molecule has 0 fully saturated rings. The standard InChI is InChI=1S/C22H17ClN2OS/c23-18-10-8-17(9-11-18)19-15-27-21(20(19)25-12-4-5-13-25)22(26)24-14-16-6-2-1-3-7-16/h1-13,15H,14H2,(H,24,26). The minimum atomic E-state index is -0.0761. The van der Waals surface area contributed by atoms with Crippen LogP contribution in [0.2, 0.25) is 5.02 Å². The Morgan fingerprint density at radius 1 is 0.963 bits per heavy atom. The number of amides is 1. The van der Waals surface area contributed by atoms with Crippen LogP contribution in [0.15, 0.2) is 84.5 Å². The molecule has 1 N–H and O–H groups in total. The predicted molar refractivity (Wildman–Crippen MR) is 112 cm³/mol. The summed E-state index contributed by atoms with van der Waals surface area (Å²) in [6, 6.07) is 21.5. The molecular formula is C22H17ClN2OS. The maximum atomic E-state index is 12.9. The Labute approximate surface area is 166 Å². The van der Waals surface area contributed by atoms with Crippen LogP contribution >= 0.6 is 22.9 Å². The van der Waals surface area contributed by atoms with E-state index in [4.69, 9.17) is 11.6 Å². The predicted octanol–water partition coefficient (Wildman–Crippen LogP) is 5.79. The van der Waals surface area contributed by atoms with E-state index < -0.39 is 0 Å². The van der Waals surface area contributed by atoms with Gasteiger partial charge < -0.3 is 9.88 Å². The maximum absolute atomic E-state index is 12.9. The van der Waals surface area contributed by atoms with E-state index in [0.717, 1.165) is 22.4 Å². The Hall–Kier alpha value is -2.82. The lowest BCUT2D eigenvalue weighted by atomic mass is 10.1. The average molecular weight is 393 g/mol. The molecule has 3 nitrogen and oxygen atoms in total. The van der Waals surface area contributed by atoms with Crippen molar-refractivity contribution in [2.45, 2.75) is 6.54 Å². The molecule has 0 bridgehead atoms. The second-order valence-corrected chi connectivity index (χ2v) is 7.41. The Morgan fingerprint density at radius 3 is 2.37 bits per heavy atom. The highest BCUT2D eigenvalue weighted by Gasteiger charge is 2.20. The minimum absolute atomic E-state index is 0.0761. The Kier molecular flexibility index (Phi) is 5.10. The summed E-state index contributed by atoms with van der Waals surface area (Å²) in [4.78, 5) is 13.6. The Bertz CT molecular complexity index is 1040. The molecule has 2 heterocycles. The molecular weight excluding hydrogens is 376 g/mol. The fourth-order valence-corrected chi connectivity index (χ4v) is 4.06. The van der Waals surface area contributed by atoms with Crippen LogP contribution < -0.4 is 5.32 Å². The second-order valence-electron chi connectivity index (χ2n) is 6.09. The maximum Gasteiger partial charge on any atom is 0.263 e. The van der Waals surface area contributed by atoms with Gasteiger partial charge in [0.2, 0.25) is 0 Å². The zero-order chi connectivity index (χ0) is 18.6. The van der Waals surface area contributed by atoms with E-state index in [1.807, 2.05) is 89.1 Å². The number of hydrogen-bond acceptors (Lipinski definition) is 2. The molecule has 0 saturated heterocycles. The van der Waals surface area contributed by atoms with E-state index in [2.05, 4.69) is 5.32 Å². The quantitative estimate of drug-likeness (QED) is 0.458. The molecule has 0 spiro atoms. The van der Waals surface area contributed by atoms with Gasteiger partial charge in [-0.25, -0.2) is 0 Å². The Morgan fingerprint density at radius 2 is 1.67 bits per heavy atom. The van der Waals surface area contributed by atoms with Crippen molar-refractivity contribution >= 4 is 28.8 Å². The molecule has 4 rings (SSSR count). The molecule has 134 valence electrons. The van der Waals surface area contributed by atoms with E-state index in [0.29, 0.717) is 16.4 Å². The van der Waals surface area contributed by atoms with Gasteiger partial charge in [0.1, 0.15) is 4.88 Å². The number of nitrogens with zero attached hydrogens (tertiary/aromatic N) is 1. The first kappa shape index (κ1) is 17.6. The van der Waals surface area contributed by atoms with Crippen LogP contribution in [0.25, 0.3) is 16.8 Å². The zero-order valence-corrected chi connectivity index (χ0v) is 16.0. The molecule has 27 heavy (non-hydrogen) atoms. The molecule has 4 aromatic rings. The molecule has 0 aliphatic heterocycles. The van der Waals surface area contributed by atoms with Gasteiger partial charge in [-0.05, 0) is 35.4 Å². The lowest BCUT2D eigenvalue weighted by Crippen LogP contribution is -2.23. The molecule has 0 aliphatic rings. The molecule has 2 aromatic heterocycles. The van der Waals surface area contributed by atoms with Crippen molar-refractivity contribution in [3.63, 3.8) is 0 Å². The fraction of sp³-hybridized carbons (Fsp3) is 0.0455. The van der Waals surface area contributed by atoms with Gasteiger partial charge in [0.05, 0.1) is 5.69 Å². The molecule has 0 atom stereocenters. The molecule has 2 aromatic carbocycles. The SMILES string of the molecule is O=C(NCc1ccccc1)c1scc(-c2ccc(Cl)cc2)c1-n1cccc1. The summed E-state index contributed by atoms with van der Waals surface area (Å²) < 4.78 is 1.98. The number of carbonyl (C=O) groups excluding carboxylic acids is 1. The third-order valence-electron chi connectivity index (χ3n) is 4.28. The third kappa shape index (κ3) is 3.82. The van der Waals surface area contributed by atoms with Gasteiger partial charge in [-0.3, -0.25) is 4.79 Å². The summed E-state index contributed by atoms with van der Waals surface area (Å²) in [6.45, 7) is 0.499. The first-order chi connectivity index (χ1) is 13.2. The first-order valence-electron chi connectivity index (χ1n) is 8.55. The number of rotatable bonds is 5. The monoisotopic (exact) mass is 392 g/mol. The summed E-state index contributed by atoms with van der Waals surface area (Å²) in [5, 5.41) is 5.74. The van der Waals surface area contributed by atoms with Crippen LogP contribution in [-0.2, 0) is 6.54 Å². The Balaban J connectivity index is 1.68. The summed E-state index contributed by atoms with van der Waals surface area (Å²) in [5.74, 6) is -0.0761. The third-order valence-corrected chi connectivity index (χ3v) is 5.50. The molecule has 0 aliphatic carbocycles. The number of carbonyl (C=O) groups is 1. The number of halogens is 1. The largest absolute Gasteiger partial charge is 0.347 e. The normalized spacial score (nSPS) is 10.7. The van der Waals surface area contributed by atoms with Gasteiger partial charge in [-0.15, -0.1) is 11.3 Å². The van der Waals surface area contributed by atoms with Crippen LogP contribution in [-0.4, -0.2) is 10.5 Å². The summed E-state index contributed by atoms with van der Waals surface area (Å²) in [6.07, 6.45) is 3.91. The van der Waals surface area contributed by atoms with E-state index in [9.17, 15) is 4.79 Å². The number of aromatic nitrogens is 1. The minimum Gasteiger partial charge on any atom is -0.347 e. The lowest BCUT2D eigenvalue weighted by molar-refractivity contribution is 0.0955. The number of thiophene rings is 1. The second kappa shape index (κ2) is 7.82. The number of benzene rings is 2. The van der Waals surface area contributed by atoms with Crippen LogP contribution in [0.4, 0.5) is 0 Å². The van der Waals surface area contributed by atoms with E-state index in [1.54, 1.807) is 0 Å². The van der Waals surface area contributed by atoms with Gasteiger partial charge in [-0.1, -0.05) is 54.1 Å². The highest BCUT2D eigenvalue weighted by molar-refractivity contribution is 7.13. The number of nitrogens with one attached hydrogen (secondary N) is 1. The summed E-state index contributed by atoms with van der Waals surface area (Å²) >= 11 is 7.48. The highest BCUT2D eigenvalue weighted by atomic mass is 35.5. The van der Waals surface area contributed by atoms with Gasteiger partial charge in [0, 0.05) is 34.9 Å². The summed E-state index contributed by atoms with van der Waals surface area (Å²) in [5.41, 5.74) is 4.00. The van der Waals surface area contributed by atoms with Crippen molar-refractivity contribution in [3.05, 3.63) is 100.0 Å². The first-order valence-corrected chi connectivity index (χ1v) is 9.81. The van der Waals surface area contributed by atoms with Gasteiger partial charge in [0.25, 0.3) is 5.91 Å². The smallest absolute Gasteiger partial charge is 0.263 e. The van der Waals surface area contributed by atoms with Crippen LogP contribution in [0.3, 0.4) is 0 Å². The van der Waals surface area contributed by atoms with Crippen LogP contribution in [0.1, 0.15) is 15.2 Å². The van der Waals surface area contributed by atoms with E-state index >= 15 is 0 Å². The highest BCUT2D eigenvalue weighted by Crippen LogP contribution is 2.35. The summed E-state index contributed by atoms with van der Waals surface area (Å²) in [7, 11) is 0. The number of hydrogen-bond donors (Lipinski definition) is 1. The van der Waals surface area contributed by atoms with Gasteiger partial charge >= 0.3 is 0 Å². The topological polar surface area (TPSA) is 34.0 Å². The van der Waals surface area contributed by atoms with Gasteiger partial charge in [-0.2, -0.15) is 0 Å². The van der Waals surface area contributed by atoms with Gasteiger partial charge in [0.15, 0.2) is 0 Å². The molecule has 0 unspecified atom stereocenters. The van der Waals surface area contributed by atoms with Crippen molar-refractivity contribution in [1.82, 2.24) is 9.88 Å². The molecule has 0 saturated carbocycles. The molecule has 0 radical (unpaired) electrons. The van der Waals surface area contributed by atoms with Crippen molar-refractivity contribution in [2.75, 3.05) is 0 Å². The van der Waals surface area contributed by atoms with Crippen molar-refractivity contribution in [3.8, 4) is 16.8 Å². The van der Waals surface area contributed by atoms with Crippen LogP contribution in [0, 0.1) is 0 Å².